The topological polar surface area (TPSA) is 64.9 Å². The van der Waals surface area contributed by atoms with E-state index in [0.717, 1.165) is 0 Å². The molecule has 0 aliphatic rings. The fraction of sp³-hybridized carbons (Fsp3) is 0. The predicted molar refractivity (Wildman–Crippen MR) is 40.3 cm³/mol. The first-order valence-electron chi connectivity index (χ1n) is 2.26. The predicted octanol–water partition coefficient (Wildman–Crippen LogP) is 0.668. The van der Waals surface area contributed by atoms with Crippen LogP contribution < -0.4 is 11.5 Å². The maximum absolute atomic E-state index is 5.33. The van der Waals surface area contributed by atoms with E-state index in [-0.39, 0.29) is 12.4 Å². The number of aromatic nitrogens is 1. The van der Waals surface area contributed by atoms with Crippen molar-refractivity contribution in [2.24, 2.45) is 0 Å². The fourth-order valence-electron chi connectivity index (χ4n) is 0.430. The molecule has 0 fully saturated rings. The monoisotopic (exact) mass is 145 g/mol. The largest absolute Gasteiger partial charge is 0.396 e. The molecule has 0 atom stereocenters. The van der Waals surface area contributed by atoms with E-state index in [4.69, 9.17) is 11.5 Å². The molecule has 0 aliphatic heterocycles. The molecule has 4 N–H and O–H groups in total. The summed E-state index contributed by atoms with van der Waals surface area (Å²) in [6.07, 6.45) is 1.60. The third-order valence-corrected chi connectivity index (χ3v) is 0.871. The lowest BCUT2D eigenvalue weighted by Crippen LogP contribution is -1.95. The maximum Gasteiger partial charge on any atom is 0.146 e. The summed E-state index contributed by atoms with van der Waals surface area (Å²) < 4.78 is 0. The molecule has 1 rings (SSSR count). The Bertz CT molecular complexity index is 168. The molecule has 1 aromatic rings. The lowest BCUT2D eigenvalue weighted by molar-refractivity contribution is 1.34. The molecule has 0 saturated carbocycles. The Morgan fingerprint density at radius 2 is 2.00 bits per heavy atom. The molecule has 0 amide bonds. The summed E-state index contributed by atoms with van der Waals surface area (Å²) in [5.41, 5.74) is 11.2. The van der Waals surface area contributed by atoms with E-state index in [1.165, 1.54) is 0 Å². The molecule has 0 radical (unpaired) electrons. The van der Waals surface area contributed by atoms with Gasteiger partial charge in [0.15, 0.2) is 0 Å². The van der Waals surface area contributed by atoms with Crippen LogP contribution in [0.5, 0.6) is 0 Å². The third-order valence-electron chi connectivity index (χ3n) is 0.871. The minimum Gasteiger partial charge on any atom is -0.396 e. The van der Waals surface area contributed by atoms with Crippen LogP contribution in [0.3, 0.4) is 0 Å². The van der Waals surface area contributed by atoms with Crippen molar-refractivity contribution in [2.45, 2.75) is 0 Å². The van der Waals surface area contributed by atoms with E-state index in [1.807, 2.05) is 0 Å². The van der Waals surface area contributed by atoms with Crippen molar-refractivity contribution < 1.29 is 0 Å². The van der Waals surface area contributed by atoms with Crippen molar-refractivity contribution in [3.05, 3.63) is 18.3 Å². The van der Waals surface area contributed by atoms with Crippen LogP contribution in [0.15, 0.2) is 18.3 Å². The van der Waals surface area contributed by atoms with Gasteiger partial charge in [-0.2, -0.15) is 0 Å². The lowest BCUT2D eigenvalue weighted by Gasteiger charge is -1.92. The first kappa shape index (κ1) is 8.04. The zero-order chi connectivity index (χ0) is 5.98. The average Bonchev–Trinajstić information content (AvgIpc) is 1.77. The van der Waals surface area contributed by atoms with Crippen LogP contribution in [-0.4, -0.2) is 4.98 Å². The number of halogens is 1. The van der Waals surface area contributed by atoms with E-state index >= 15 is 0 Å². The van der Waals surface area contributed by atoms with Crippen molar-refractivity contribution >= 4 is 23.9 Å². The number of hydrogen-bond acceptors (Lipinski definition) is 3. The van der Waals surface area contributed by atoms with Crippen molar-refractivity contribution in [1.29, 1.82) is 0 Å². The zero-order valence-electron chi connectivity index (χ0n) is 4.74. The molecule has 1 aromatic heterocycles. The van der Waals surface area contributed by atoms with Crippen LogP contribution in [0.25, 0.3) is 0 Å². The first-order chi connectivity index (χ1) is 3.80. The molecule has 1 heterocycles. The van der Waals surface area contributed by atoms with E-state index < -0.39 is 0 Å². The molecule has 3 nitrogen and oxygen atoms in total. The molecule has 9 heavy (non-hydrogen) atoms. The summed E-state index contributed by atoms with van der Waals surface area (Å²) in [5, 5.41) is 0. The molecule has 0 aromatic carbocycles. The van der Waals surface area contributed by atoms with E-state index in [1.54, 1.807) is 18.3 Å². The standard InChI is InChI=1S/C5H7N3.ClH/c6-4-2-1-3-8-5(4)7;/h1-3H,6H2,(H2,7,8);1H. The summed E-state index contributed by atoms with van der Waals surface area (Å²) in [4.78, 5) is 3.73. The third kappa shape index (κ3) is 1.77. The number of nitrogens with zero attached hydrogens (tertiary/aromatic N) is 1. The second kappa shape index (κ2) is 3.14. The molecule has 0 spiro atoms. The lowest BCUT2D eigenvalue weighted by atomic mass is 10.4. The Morgan fingerprint density at radius 3 is 2.33 bits per heavy atom. The summed E-state index contributed by atoms with van der Waals surface area (Å²) in [6.45, 7) is 0. The Labute approximate surface area is 59.5 Å². The molecule has 0 unspecified atom stereocenters. The number of hydrogen-bond donors (Lipinski definition) is 2. The second-order valence-corrected chi connectivity index (χ2v) is 1.48. The van der Waals surface area contributed by atoms with Crippen LogP contribution in [-0.2, 0) is 0 Å². The van der Waals surface area contributed by atoms with Gasteiger partial charge >= 0.3 is 0 Å². The molecule has 50 valence electrons. The quantitative estimate of drug-likeness (QED) is 0.564. The van der Waals surface area contributed by atoms with Gasteiger partial charge in [-0.05, 0) is 12.1 Å². The number of rotatable bonds is 0. The van der Waals surface area contributed by atoms with Gasteiger partial charge in [-0.3, -0.25) is 0 Å². The summed E-state index contributed by atoms with van der Waals surface area (Å²) in [7, 11) is 0. The van der Waals surface area contributed by atoms with Crippen molar-refractivity contribution in [2.75, 3.05) is 11.5 Å². The minimum atomic E-state index is 0. The molecule has 4 heteroatoms. The highest BCUT2D eigenvalue weighted by molar-refractivity contribution is 5.85. The van der Waals surface area contributed by atoms with Gasteiger partial charge in [0.1, 0.15) is 5.82 Å². The van der Waals surface area contributed by atoms with Crippen LogP contribution >= 0.6 is 12.4 Å². The summed E-state index contributed by atoms with van der Waals surface area (Å²) in [5.74, 6) is 0.396. The van der Waals surface area contributed by atoms with E-state index in [0.29, 0.717) is 11.5 Å². The number of anilines is 2. The van der Waals surface area contributed by atoms with Crippen molar-refractivity contribution in [3.8, 4) is 0 Å². The van der Waals surface area contributed by atoms with Gasteiger partial charge in [0, 0.05) is 6.20 Å². The molecule has 0 saturated heterocycles. The highest BCUT2D eigenvalue weighted by Crippen LogP contribution is 2.06. The zero-order valence-corrected chi connectivity index (χ0v) is 5.56. The second-order valence-electron chi connectivity index (χ2n) is 1.48. The number of pyridine rings is 1. The van der Waals surface area contributed by atoms with Gasteiger partial charge < -0.3 is 11.5 Å². The van der Waals surface area contributed by atoms with Gasteiger partial charge in [-0.15, -0.1) is 12.4 Å². The minimum absolute atomic E-state index is 0. The summed E-state index contributed by atoms with van der Waals surface area (Å²) in [6, 6.07) is 3.45. The maximum atomic E-state index is 5.33. The SMILES string of the molecule is Cl.Nc1cccnc1N. The van der Waals surface area contributed by atoms with E-state index in [2.05, 4.69) is 4.98 Å². The van der Waals surface area contributed by atoms with Crippen LogP contribution in [0.1, 0.15) is 0 Å². The average molecular weight is 146 g/mol. The van der Waals surface area contributed by atoms with E-state index in [9.17, 15) is 0 Å². The van der Waals surface area contributed by atoms with Gasteiger partial charge in [0.2, 0.25) is 0 Å². The Hall–Kier alpha value is -0.960. The van der Waals surface area contributed by atoms with Gasteiger partial charge in [-0.25, -0.2) is 4.98 Å². The van der Waals surface area contributed by atoms with Gasteiger partial charge in [0.05, 0.1) is 5.69 Å². The Balaban J connectivity index is 0.000000640. The highest BCUT2D eigenvalue weighted by Gasteiger charge is 1.87. The van der Waals surface area contributed by atoms with Gasteiger partial charge in [-0.1, -0.05) is 0 Å². The summed E-state index contributed by atoms with van der Waals surface area (Å²) >= 11 is 0. The molecular weight excluding hydrogens is 138 g/mol. The number of nitrogen functional groups attached to an aromatic ring is 2. The van der Waals surface area contributed by atoms with Crippen LogP contribution in [0, 0.1) is 0 Å². The molecular formula is C5H8ClN3. The fourth-order valence-corrected chi connectivity index (χ4v) is 0.430. The Morgan fingerprint density at radius 1 is 1.33 bits per heavy atom. The normalized spacial score (nSPS) is 8.00. The first-order valence-corrected chi connectivity index (χ1v) is 2.26. The molecule has 0 bridgehead atoms. The smallest absolute Gasteiger partial charge is 0.146 e. The van der Waals surface area contributed by atoms with Crippen molar-refractivity contribution in [1.82, 2.24) is 4.98 Å². The number of nitrogens with two attached hydrogens (primary N) is 2. The highest BCUT2D eigenvalue weighted by atomic mass is 35.5. The van der Waals surface area contributed by atoms with Gasteiger partial charge in [0.25, 0.3) is 0 Å². The molecule has 0 aliphatic carbocycles. The Kier molecular flexibility index (Phi) is 2.81. The van der Waals surface area contributed by atoms with Crippen molar-refractivity contribution in [3.63, 3.8) is 0 Å². The van der Waals surface area contributed by atoms with Crippen LogP contribution in [0.4, 0.5) is 11.5 Å². The van der Waals surface area contributed by atoms with Crippen LogP contribution in [0.2, 0.25) is 0 Å².